The van der Waals surface area contributed by atoms with Gasteiger partial charge in [-0.05, 0) is 90.7 Å². The Labute approximate surface area is 380 Å². The molecule has 0 bridgehead atoms. The first kappa shape index (κ1) is 36.8. The minimum Gasteiger partial charge on any atom is -0.455 e. The van der Waals surface area contributed by atoms with Crippen molar-refractivity contribution in [1.29, 1.82) is 0 Å². The zero-order valence-electron chi connectivity index (χ0n) is 36.9. The molecule has 2 nitrogen and oxygen atoms in total. The van der Waals surface area contributed by atoms with Gasteiger partial charge in [-0.3, -0.25) is 0 Å². The molecule has 0 saturated heterocycles. The molecule has 0 aromatic heterocycles. The van der Waals surface area contributed by atoms with E-state index in [0.29, 0.717) is 0 Å². The fourth-order valence-corrected chi connectivity index (χ4v) is 12.8. The molecule has 0 saturated carbocycles. The lowest BCUT2D eigenvalue weighted by Gasteiger charge is -2.40. The molecule has 3 aliphatic carbocycles. The van der Waals surface area contributed by atoms with Crippen LogP contribution < -0.4 is 9.64 Å². The number of rotatable bonds is 3. The average molecular weight is 832 g/mol. The molecule has 308 valence electrons. The zero-order chi connectivity index (χ0) is 43.4. The third kappa shape index (κ3) is 4.59. The Kier molecular flexibility index (Phi) is 7.21. The van der Waals surface area contributed by atoms with Gasteiger partial charge in [0.15, 0.2) is 0 Å². The predicted octanol–water partition coefficient (Wildman–Crippen LogP) is 16.5. The van der Waals surface area contributed by atoms with E-state index in [0.717, 1.165) is 33.6 Å². The number of benzene rings is 10. The second-order valence-electron chi connectivity index (χ2n) is 19.5. The van der Waals surface area contributed by atoms with Crippen LogP contribution in [0.5, 0.6) is 11.5 Å². The first-order chi connectivity index (χ1) is 31.8. The maximum absolute atomic E-state index is 7.32. The Morgan fingerprint density at radius 1 is 0.338 bits per heavy atom. The van der Waals surface area contributed by atoms with Crippen LogP contribution >= 0.6 is 0 Å². The molecule has 14 rings (SSSR count). The highest BCUT2D eigenvalue weighted by molar-refractivity contribution is 6.05. The number of hydrogen-bond acceptors (Lipinski definition) is 2. The molecule has 2 heteroatoms. The van der Waals surface area contributed by atoms with Crippen molar-refractivity contribution < 1.29 is 4.74 Å². The summed E-state index contributed by atoms with van der Waals surface area (Å²) in [5.41, 5.74) is 20.6. The van der Waals surface area contributed by atoms with Crippen LogP contribution in [0, 0.1) is 0 Å². The summed E-state index contributed by atoms with van der Waals surface area (Å²) in [6.07, 6.45) is 0. The summed E-state index contributed by atoms with van der Waals surface area (Å²) >= 11 is 0. The van der Waals surface area contributed by atoms with Crippen LogP contribution in [-0.2, 0) is 16.2 Å². The lowest BCUT2D eigenvalue weighted by molar-refractivity contribution is 0.447. The van der Waals surface area contributed by atoms with E-state index in [1.807, 2.05) is 0 Å². The molecular weight excluding hydrogens is 787 g/mol. The highest BCUT2D eigenvalue weighted by Crippen LogP contribution is 2.66. The third-order valence-corrected chi connectivity index (χ3v) is 15.7. The molecule has 65 heavy (non-hydrogen) atoms. The number of anilines is 3. The van der Waals surface area contributed by atoms with Crippen molar-refractivity contribution in [2.24, 2.45) is 0 Å². The van der Waals surface area contributed by atoms with Gasteiger partial charge in [-0.2, -0.15) is 0 Å². The highest BCUT2D eigenvalue weighted by Gasteiger charge is 2.53. The fraction of sp³-hybridized carbons (Fsp3) is 0.111. The van der Waals surface area contributed by atoms with Crippen molar-refractivity contribution in [3.8, 4) is 44.9 Å². The third-order valence-electron chi connectivity index (χ3n) is 15.7. The minimum absolute atomic E-state index is 0.161. The van der Waals surface area contributed by atoms with E-state index < -0.39 is 5.41 Å². The predicted molar refractivity (Wildman–Crippen MR) is 269 cm³/mol. The van der Waals surface area contributed by atoms with Crippen LogP contribution in [0.15, 0.2) is 200 Å². The van der Waals surface area contributed by atoms with Gasteiger partial charge in [0.1, 0.15) is 11.5 Å². The number of hydrogen-bond donors (Lipinski definition) is 0. The summed E-state index contributed by atoms with van der Waals surface area (Å²) in [5.74, 6) is 1.86. The average Bonchev–Trinajstić information content (AvgIpc) is 3.87. The fourth-order valence-electron chi connectivity index (χ4n) is 12.8. The Balaban J connectivity index is 1.11. The SMILES string of the molecule is CC1(C)c2ccccc2-c2ccc(N(c3cccc4c3-c3ccccc3C4(C)C)c3cccc4c3-c3ccccc3C43c4ccc5ccccc5c4Oc4c3ccc3ccccc43)cc21. The van der Waals surface area contributed by atoms with E-state index >= 15 is 0 Å². The van der Waals surface area contributed by atoms with Crippen LogP contribution in [0.2, 0.25) is 0 Å². The first-order valence-electron chi connectivity index (χ1n) is 23.0. The molecule has 10 aromatic carbocycles. The van der Waals surface area contributed by atoms with Gasteiger partial charge in [0, 0.05) is 49.5 Å². The normalized spacial score (nSPS) is 15.6. The largest absolute Gasteiger partial charge is 0.455 e. The standard InChI is InChI=1S/C63H45NO/c1-61(2)48-25-13-10-22-45(48)57-50(61)27-15-29-55(57)64(40-33-34-44-43-21-9-12-24-47(43)62(3,4)54(44)37-40)56-30-16-28-51-58(56)46-23-11-14-26-49(46)63(51)52-35-31-38-17-5-7-19-41(38)59(52)65-60-42-20-8-6-18-39(42)32-36-53(60)63/h5-37H,1-4H3. The second kappa shape index (κ2) is 12.7. The summed E-state index contributed by atoms with van der Waals surface area (Å²) in [7, 11) is 0. The minimum atomic E-state index is -0.667. The summed E-state index contributed by atoms with van der Waals surface area (Å²) in [5, 5.41) is 4.57. The molecule has 1 spiro atoms. The summed E-state index contributed by atoms with van der Waals surface area (Å²) in [4.78, 5) is 2.60. The van der Waals surface area contributed by atoms with Crippen LogP contribution in [0.25, 0.3) is 54.9 Å². The van der Waals surface area contributed by atoms with Crippen molar-refractivity contribution in [2.75, 3.05) is 4.90 Å². The van der Waals surface area contributed by atoms with Crippen molar-refractivity contribution in [2.45, 2.75) is 43.9 Å². The Bertz CT molecular complexity index is 3630. The molecule has 0 unspecified atom stereocenters. The maximum Gasteiger partial charge on any atom is 0.140 e. The topological polar surface area (TPSA) is 12.5 Å². The van der Waals surface area contributed by atoms with E-state index in [4.69, 9.17) is 4.74 Å². The first-order valence-corrected chi connectivity index (χ1v) is 23.0. The van der Waals surface area contributed by atoms with E-state index in [9.17, 15) is 0 Å². The lowest BCUT2D eigenvalue weighted by Crippen LogP contribution is -2.32. The van der Waals surface area contributed by atoms with Crippen molar-refractivity contribution in [1.82, 2.24) is 0 Å². The molecule has 0 amide bonds. The van der Waals surface area contributed by atoms with Crippen molar-refractivity contribution in [3.63, 3.8) is 0 Å². The van der Waals surface area contributed by atoms with E-state index in [1.54, 1.807) is 0 Å². The second-order valence-corrected chi connectivity index (χ2v) is 19.5. The molecule has 0 fully saturated rings. The molecule has 1 heterocycles. The Hall–Kier alpha value is -7.68. The molecule has 10 aromatic rings. The van der Waals surface area contributed by atoms with Gasteiger partial charge in [-0.25, -0.2) is 0 Å². The maximum atomic E-state index is 7.32. The van der Waals surface area contributed by atoms with E-state index in [1.165, 1.54) is 94.3 Å². The van der Waals surface area contributed by atoms with E-state index in [-0.39, 0.29) is 10.8 Å². The molecular formula is C63H45NO. The zero-order valence-corrected chi connectivity index (χ0v) is 36.9. The van der Waals surface area contributed by atoms with Gasteiger partial charge in [-0.15, -0.1) is 0 Å². The van der Waals surface area contributed by atoms with Crippen molar-refractivity contribution >= 4 is 38.6 Å². The van der Waals surface area contributed by atoms with Gasteiger partial charge in [0.25, 0.3) is 0 Å². The quantitative estimate of drug-likeness (QED) is 0.176. The summed E-state index contributed by atoms with van der Waals surface area (Å²) in [6.45, 7) is 9.54. The lowest BCUT2D eigenvalue weighted by atomic mass is 9.65. The van der Waals surface area contributed by atoms with Gasteiger partial charge in [0.05, 0.1) is 16.8 Å². The van der Waals surface area contributed by atoms with Crippen LogP contribution in [0.3, 0.4) is 0 Å². The Morgan fingerprint density at radius 2 is 0.800 bits per heavy atom. The highest BCUT2D eigenvalue weighted by atomic mass is 16.5. The van der Waals surface area contributed by atoms with E-state index in [2.05, 4.69) is 233 Å². The number of nitrogens with zero attached hydrogens (tertiary/aromatic N) is 1. The van der Waals surface area contributed by atoms with Gasteiger partial charge in [-0.1, -0.05) is 204 Å². The molecule has 1 aliphatic heterocycles. The number of fused-ring (bicyclic) bond motifs is 19. The summed E-state index contributed by atoms with van der Waals surface area (Å²) < 4.78 is 7.32. The monoisotopic (exact) mass is 831 g/mol. The molecule has 4 aliphatic rings. The van der Waals surface area contributed by atoms with Gasteiger partial charge in [0.2, 0.25) is 0 Å². The Morgan fingerprint density at radius 3 is 1.45 bits per heavy atom. The molecule has 0 N–H and O–H groups in total. The van der Waals surface area contributed by atoms with Crippen LogP contribution in [-0.4, -0.2) is 0 Å². The number of ether oxygens (including phenoxy) is 1. The van der Waals surface area contributed by atoms with Crippen molar-refractivity contribution in [3.05, 3.63) is 245 Å². The van der Waals surface area contributed by atoms with Crippen LogP contribution in [0.4, 0.5) is 17.1 Å². The summed E-state index contributed by atoms with van der Waals surface area (Å²) in [6, 6.07) is 75.1. The smallest absolute Gasteiger partial charge is 0.140 e. The van der Waals surface area contributed by atoms with Crippen LogP contribution in [0.1, 0.15) is 72.2 Å². The van der Waals surface area contributed by atoms with Gasteiger partial charge < -0.3 is 9.64 Å². The van der Waals surface area contributed by atoms with Gasteiger partial charge >= 0.3 is 0 Å². The molecule has 0 radical (unpaired) electrons. The molecule has 0 atom stereocenters.